The van der Waals surface area contributed by atoms with Gasteiger partial charge in [-0.05, 0) is 6.04 Å². The minimum Gasteiger partial charge on any atom is -0.410 e. The quantitative estimate of drug-likeness (QED) is 0.523. The van der Waals surface area contributed by atoms with Gasteiger partial charge in [-0.15, -0.1) is 0 Å². The van der Waals surface area contributed by atoms with E-state index in [1.54, 1.807) is 0 Å². The second kappa shape index (κ2) is 4.30. The first-order valence-electron chi connectivity index (χ1n) is 2.51. The number of unbranched alkanes of at least 4 members (excludes halogenated alkanes) is 1. The highest BCUT2D eigenvalue weighted by molar-refractivity contribution is 6.40. The third kappa shape index (κ3) is 6.14. The number of hydrogen-bond acceptors (Lipinski definition) is 2. The molecule has 3 heteroatoms. The fourth-order valence-corrected chi connectivity index (χ4v) is 1.00. The van der Waals surface area contributed by atoms with Crippen molar-refractivity contribution in [3.63, 3.8) is 0 Å². The van der Waals surface area contributed by atoms with Crippen molar-refractivity contribution in [1.29, 1.82) is 0 Å². The molecule has 0 amide bonds. The normalized spacial score (nSPS) is 10.3. The summed E-state index contributed by atoms with van der Waals surface area (Å²) in [5.74, 6) is 0. The van der Waals surface area contributed by atoms with Crippen LogP contribution in [0.3, 0.4) is 0 Å². The van der Waals surface area contributed by atoms with Crippen LogP contribution in [0.15, 0.2) is 0 Å². The topological polar surface area (TPSA) is 40.5 Å². The standard InChI is InChI=1S/C4H11O2Si/c1-2-3-4-7(5)6/h5-6H,2-4H2,1H3. The van der Waals surface area contributed by atoms with Gasteiger partial charge >= 0.3 is 9.28 Å². The maximum absolute atomic E-state index is 8.34. The SMILES string of the molecule is CCCC[Si](O)O. The van der Waals surface area contributed by atoms with Gasteiger partial charge in [0.2, 0.25) is 0 Å². The largest absolute Gasteiger partial charge is 0.410 e. The molecule has 0 aromatic carbocycles. The summed E-state index contributed by atoms with van der Waals surface area (Å²) < 4.78 is 0. The number of hydrogen-bond donors (Lipinski definition) is 2. The lowest BCUT2D eigenvalue weighted by molar-refractivity contribution is 0.403. The lowest BCUT2D eigenvalue weighted by atomic mass is 10.4. The summed E-state index contributed by atoms with van der Waals surface area (Å²) in [4.78, 5) is 16.7. The molecule has 0 aliphatic heterocycles. The van der Waals surface area contributed by atoms with Gasteiger partial charge in [0.05, 0.1) is 0 Å². The molecule has 0 heterocycles. The van der Waals surface area contributed by atoms with Gasteiger partial charge in [-0.3, -0.25) is 0 Å². The molecule has 43 valence electrons. The average molecular weight is 119 g/mol. The molecule has 0 saturated heterocycles. The zero-order valence-electron chi connectivity index (χ0n) is 4.52. The molecular formula is C4H11O2Si. The van der Waals surface area contributed by atoms with Crippen molar-refractivity contribution in [3.8, 4) is 0 Å². The van der Waals surface area contributed by atoms with E-state index in [1.165, 1.54) is 0 Å². The molecule has 0 unspecified atom stereocenters. The summed E-state index contributed by atoms with van der Waals surface area (Å²) in [5.41, 5.74) is 0. The van der Waals surface area contributed by atoms with E-state index in [2.05, 4.69) is 0 Å². The molecule has 0 rings (SSSR count). The fraction of sp³-hybridized carbons (Fsp3) is 1.00. The van der Waals surface area contributed by atoms with Crippen LogP contribution in [0.4, 0.5) is 0 Å². The number of rotatable bonds is 3. The molecule has 0 spiro atoms. The molecule has 2 nitrogen and oxygen atoms in total. The predicted octanol–water partition coefficient (Wildman–Crippen LogP) is 0.259. The molecule has 0 aromatic rings. The molecule has 0 aliphatic rings. The van der Waals surface area contributed by atoms with Crippen LogP contribution in [0.25, 0.3) is 0 Å². The van der Waals surface area contributed by atoms with E-state index in [0.29, 0.717) is 6.04 Å². The summed E-state index contributed by atoms with van der Waals surface area (Å²) in [7, 11) is -1.90. The Kier molecular flexibility index (Phi) is 4.38. The second-order valence-electron chi connectivity index (χ2n) is 1.52. The van der Waals surface area contributed by atoms with Crippen LogP contribution in [0.5, 0.6) is 0 Å². The predicted molar refractivity (Wildman–Crippen MR) is 29.9 cm³/mol. The average Bonchev–Trinajstić information content (AvgIpc) is 1.61. The van der Waals surface area contributed by atoms with Gasteiger partial charge < -0.3 is 9.59 Å². The Morgan fingerprint density at radius 1 is 1.43 bits per heavy atom. The summed E-state index contributed by atoms with van der Waals surface area (Å²) in [6, 6.07) is 0.612. The van der Waals surface area contributed by atoms with Crippen LogP contribution in [0.2, 0.25) is 6.04 Å². The monoisotopic (exact) mass is 119 g/mol. The smallest absolute Gasteiger partial charge is 0.378 e. The molecule has 0 aliphatic carbocycles. The Balaban J connectivity index is 2.68. The first-order chi connectivity index (χ1) is 3.27. The summed E-state index contributed by atoms with van der Waals surface area (Å²) in [6.45, 7) is 2.03. The van der Waals surface area contributed by atoms with E-state index >= 15 is 0 Å². The molecule has 0 fully saturated rings. The van der Waals surface area contributed by atoms with E-state index in [4.69, 9.17) is 9.59 Å². The minimum atomic E-state index is -1.90. The molecular weight excluding hydrogens is 108 g/mol. The second-order valence-corrected chi connectivity index (χ2v) is 2.85. The summed E-state index contributed by atoms with van der Waals surface area (Å²) in [5, 5.41) is 0. The van der Waals surface area contributed by atoms with E-state index in [-0.39, 0.29) is 0 Å². The lowest BCUT2D eigenvalue weighted by Gasteiger charge is -1.92. The van der Waals surface area contributed by atoms with Crippen molar-refractivity contribution in [3.05, 3.63) is 0 Å². The highest BCUT2D eigenvalue weighted by Gasteiger charge is 1.99. The van der Waals surface area contributed by atoms with Crippen LogP contribution in [-0.4, -0.2) is 18.9 Å². The third-order valence-electron chi connectivity index (χ3n) is 0.754. The van der Waals surface area contributed by atoms with E-state index in [1.807, 2.05) is 6.92 Å². The van der Waals surface area contributed by atoms with Crippen molar-refractivity contribution in [2.24, 2.45) is 0 Å². The Bertz CT molecular complexity index is 38.7. The van der Waals surface area contributed by atoms with E-state index in [0.717, 1.165) is 12.8 Å². The zero-order chi connectivity index (χ0) is 5.70. The van der Waals surface area contributed by atoms with Gasteiger partial charge in [-0.1, -0.05) is 19.8 Å². The molecule has 2 N–H and O–H groups in total. The maximum Gasteiger partial charge on any atom is 0.378 e. The Morgan fingerprint density at radius 3 is 2.14 bits per heavy atom. The summed E-state index contributed by atoms with van der Waals surface area (Å²) >= 11 is 0. The van der Waals surface area contributed by atoms with Crippen LogP contribution in [0.1, 0.15) is 19.8 Å². The molecule has 1 radical (unpaired) electrons. The van der Waals surface area contributed by atoms with Gasteiger partial charge in [-0.25, -0.2) is 0 Å². The van der Waals surface area contributed by atoms with Crippen LogP contribution in [0, 0.1) is 0 Å². The van der Waals surface area contributed by atoms with Crippen LogP contribution >= 0.6 is 0 Å². The van der Waals surface area contributed by atoms with Gasteiger partial charge in [0.1, 0.15) is 0 Å². The first-order valence-corrected chi connectivity index (χ1v) is 4.11. The van der Waals surface area contributed by atoms with Crippen molar-refractivity contribution >= 4 is 9.28 Å². The first kappa shape index (κ1) is 7.14. The maximum atomic E-state index is 8.34. The van der Waals surface area contributed by atoms with Gasteiger partial charge in [0.25, 0.3) is 0 Å². The van der Waals surface area contributed by atoms with E-state index in [9.17, 15) is 0 Å². The third-order valence-corrected chi connectivity index (χ3v) is 1.55. The Labute approximate surface area is 45.6 Å². The van der Waals surface area contributed by atoms with Gasteiger partial charge in [0.15, 0.2) is 0 Å². The van der Waals surface area contributed by atoms with Crippen LogP contribution in [-0.2, 0) is 0 Å². The molecule has 0 bridgehead atoms. The highest BCUT2D eigenvalue weighted by atomic mass is 28.3. The summed E-state index contributed by atoms with van der Waals surface area (Å²) in [6.07, 6.45) is 2.00. The van der Waals surface area contributed by atoms with E-state index < -0.39 is 9.28 Å². The lowest BCUT2D eigenvalue weighted by Crippen LogP contribution is -2.08. The van der Waals surface area contributed by atoms with Gasteiger partial charge in [-0.2, -0.15) is 0 Å². The fourth-order valence-electron chi connectivity index (χ4n) is 0.335. The van der Waals surface area contributed by atoms with Crippen molar-refractivity contribution in [1.82, 2.24) is 0 Å². The highest BCUT2D eigenvalue weighted by Crippen LogP contribution is 1.94. The van der Waals surface area contributed by atoms with Crippen LogP contribution < -0.4 is 0 Å². The Hall–Kier alpha value is 0.137. The van der Waals surface area contributed by atoms with Crippen molar-refractivity contribution < 1.29 is 9.59 Å². The Morgan fingerprint density at radius 2 is 2.00 bits per heavy atom. The zero-order valence-corrected chi connectivity index (χ0v) is 5.52. The molecule has 7 heavy (non-hydrogen) atoms. The van der Waals surface area contributed by atoms with Crippen molar-refractivity contribution in [2.75, 3.05) is 0 Å². The molecule has 0 aromatic heterocycles. The van der Waals surface area contributed by atoms with Crippen molar-refractivity contribution in [2.45, 2.75) is 25.8 Å². The molecule has 0 atom stereocenters. The molecule has 0 saturated carbocycles. The minimum absolute atomic E-state index is 0.612. The van der Waals surface area contributed by atoms with Gasteiger partial charge in [0, 0.05) is 0 Å².